The van der Waals surface area contributed by atoms with Gasteiger partial charge in [0, 0.05) is 12.0 Å². The molecule has 0 radical (unpaired) electrons. The highest BCUT2D eigenvalue weighted by atomic mass is 32.2. The van der Waals surface area contributed by atoms with Gasteiger partial charge in [0.1, 0.15) is 4.90 Å². The van der Waals surface area contributed by atoms with E-state index in [0.29, 0.717) is 12.0 Å². The summed E-state index contributed by atoms with van der Waals surface area (Å²) in [5.41, 5.74) is 2.92. The molecule has 0 aliphatic carbocycles. The minimum atomic E-state index is -3.95. The van der Waals surface area contributed by atoms with Crippen LogP contribution < -0.4 is 9.61 Å². The zero-order valence-corrected chi connectivity index (χ0v) is 16.8. The van der Waals surface area contributed by atoms with Gasteiger partial charge in [0.25, 0.3) is 0 Å². The van der Waals surface area contributed by atoms with Gasteiger partial charge in [0.15, 0.2) is 5.75 Å². The fraction of sp³-hybridized carbons (Fsp3) is 0.333. The van der Waals surface area contributed by atoms with Crippen LogP contribution in [0, 0.1) is 0 Å². The molecule has 150 valence electrons. The van der Waals surface area contributed by atoms with Crippen molar-refractivity contribution in [1.29, 1.82) is 0 Å². The second-order valence-electron chi connectivity index (χ2n) is 6.35. The van der Waals surface area contributed by atoms with Crippen molar-refractivity contribution in [3.63, 3.8) is 0 Å². The largest absolute Gasteiger partial charge is 0.378 e. The molecule has 6 nitrogen and oxygen atoms in total. The Kier molecular flexibility index (Phi) is 8.68. The van der Waals surface area contributed by atoms with Crippen molar-refractivity contribution in [3.8, 4) is 5.75 Å². The summed E-state index contributed by atoms with van der Waals surface area (Å²) in [6, 6.07) is 14.5. The number of carbonyl (C=O) groups excluding carboxylic acids is 1. The number of carbonyl (C=O) groups is 1. The molecule has 0 heterocycles. The van der Waals surface area contributed by atoms with Gasteiger partial charge in [-0.05, 0) is 30.7 Å². The van der Waals surface area contributed by atoms with Gasteiger partial charge in [-0.25, -0.2) is 5.43 Å². The number of benzene rings is 2. The highest BCUT2D eigenvalue weighted by Crippen LogP contribution is 2.21. The number of hydrazone groups is 1. The quantitative estimate of drug-likeness (QED) is 0.263. The molecule has 1 N–H and O–H groups in total. The molecule has 0 aliphatic rings. The molecular weight excluding hydrogens is 376 g/mol. The summed E-state index contributed by atoms with van der Waals surface area (Å²) in [7, 11) is -3.95. The van der Waals surface area contributed by atoms with Gasteiger partial charge in [-0.3, -0.25) is 4.79 Å². The number of nitrogens with zero attached hydrogens (tertiary/aromatic N) is 1. The molecule has 0 spiro atoms. The zero-order valence-electron chi connectivity index (χ0n) is 16.0. The molecule has 0 saturated carbocycles. The number of nitrogens with one attached hydrogen (secondary N) is 1. The number of amides is 1. The Hall–Kier alpha value is -2.67. The summed E-state index contributed by atoms with van der Waals surface area (Å²) >= 11 is 0. The van der Waals surface area contributed by atoms with E-state index < -0.39 is 10.1 Å². The number of unbranched alkanes of at least 4 members (excludes halogenated alkanes) is 4. The zero-order chi connectivity index (χ0) is 20.2. The van der Waals surface area contributed by atoms with Crippen molar-refractivity contribution in [2.24, 2.45) is 5.10 Å². The Morgan fingerprint density at radius 2 is 1.68 bits per heavy atom. The molecule has 0 saturated heterocycles. The molecule has 0 unspecified atom stereocenters. The van der Waals surface area contributed by atoms with Crippen LogP contribution in [-0.4, -0.2) is 20.5 Å². The monoisotopic (exact) mass is 402 g/mol. The molecule has 28 heavy (non-hydrogen) atoms. The van der Waals surface area contributed by atoms with Crippen molar-refractivity contribution in [2.75, 3.05) is 0 Å². The lowest BCUT2D eigenvalue weighted by atomic mass is 10.1. The number of para-hydroxylation sites is 1. The van der Waals surface area contributed by atoms with Crippen LogP contribution in [-0.2, 0) is 14.9 Å². The van der Waals surface area contributed by atoms with Crippen molar-refractivity contribution in [1.82, 2.24) is 5.43 Å². The van der Waals surface area contributed by atoms with Crippen molar-refractivity contribution in [2.45, 2.75) is 50.3 Å². The fourth-order valence-electron chi connectivity index (χ4n) is 2.54. The maximum Gasteiger partial charge on any atom is 0.339 e. The minimum Gasteiger partial charge on any atom is -0.378 e. The first-order valence-corrected chi connectivity index (χ1v) is 10.8. The van der Waals surface area contributed by atoms with Gasteiger partial charge in [-0.1, -0.05) is 62.9 Å². The fourth-order valence-corrected chi connectivity index (χ4v) is 3.51. The number of rotatable bonds is 11. The lowest BCUT2D eigenvalue weighted by molar-refractivity contribution is -0.121. The van der Waals surface area contributed by atoms with E-state index in [2.05, 4.69) is 17.5 Å². The first-order valence-electron chi connectivity index (χ1n) is 9.43. The Morgan fingerprint density at radius 1 is 1.00 bits per heavy atom. The standard InChI is InChI=1S/C21H26N2O4S/c1-2-3-4-5-9-16-21(24)23-22-17-18-12-10-11-15-20(18)27-28(25,26)19-13-7-6-8-14-19/h6-8,10-15,17H,2-5,9,16H2,1H3,(H,23,24)/b22-17-. The van der Waals surface area contributed by atoms with Crippen LogP contribution in [0.4, 0.5) is 0 Å². The van der Waals surface area contributed by atoms with Gasteiger partial charge < -0.3 is 4.18 Å². The van der Waals surface area contributed by atoms with Crippen molar-refractivity contribution in [3.05, 3.63) is 60.2 Å². The first-order chi connectivity index (χ1) is 13.5. The lowest BCUT2D eigenvalue weighted by Crippen LogP contribution is -2.17. The molecule has 0 aliphatic heterocycles. The summed E-state index contributed by atoms with van der Waals surface area (Å²) in [6.07, 6.45) is 7.13. The summed E-state index contributed by atoms with van der Waals surface area (Å²) in [5.74, 6) is -0.0213. The maximum atomic E-state index is 12.4. The van der Waals surface area contributed by atoms with Crippen LogP contribution in [0.1, 0.15) is 51.0 Å². The van der Waals surface area contributed by atoms with E-state index in [1.165, 1.54) is 30.8 Å². The Morgan fingerprint density at radius 3 is 2.43 bits per heavy atom. The minimum absolute atomic E-state index is 0.0677. The number of hydrogen-bond donors (Lipinski definition) is 1. The number of hydrogen-bond acceptors (Lipinski definition) is 5. The molecule has 7 heteroatoms. The van der Waals surface area contributed by atoms with Crippen LogP contribution in [0.15, 0.2) is 64.6 Å². The van der Waals surface area contributed by atoms with E-state index in [1.54, 1.807) is 36.4 Å². The van der Waals surface area contributed by atoms with Crippen LogP contribution in [0.25, 0.3) is 0 Å². The Bertz CT molecular complexity index is 880. The molecular formula is C21H26N2O4S. The van der Waals surface area contributed by atoms with E-state index in [0.717, 1.165) is 25.7 Å². The molecule has 2 aromatic carbocycles. The maximum absolute atomic E-state index is 12.4. The van der Waals surface area contributed by atoms with Crippen LogP contribution >= 0.6 is 0 Å². The average molecular weight is 403 g/mol. The van der Waals surface area contributed by atoms with Gasteiger partial charge in [-0.2, -0.15) is 13.5 Å². The van der Waals surface area contributed by atoms with E-state index in [1.807, 2.05) is 0 Å². The van der Waals surface area contributed by atoms with Gasteiger partial charge >= 0.3 is 10.1 Å². The van der Waals surface area contributed by atoms with E-state index in [4.69, 9.17) is 4.18 Å². The summed E-state index contributed by atoms with van der Waals surface area (Å²) in [5, 5.41) is 3.92. The average Bonchev–Trinajstić information content (AvgIpc) is 2.69. The predicted molar refractivity (Wildman–Crippen MR) is 110 cm³/mol. The molecule has 0 fully saturated rings. The van der Waals surface area contributed by atoms with Gasteiger partial charge in [-0.15, -0.1) is 0 Å². The lowest BCUT2D eigenvalue weighted by Gasteiger charge is -2.09. The Balaban J connectivity index is 1.95. The van der Waals surface area contributed by atoms with Crippen molar-refractivity contribution >= 4 is 22.2 Å². The molecule has 0 atom stereocenters. The summed E-state index contributed by atoms with van der Waals surface area (Å²) in [4.78, 5) is 11.9. The molecule has 2 rings (SSSR count). The van der Waals surface area contributed by atoms with Crippen LogP contribution in [0.2, 0.25) is 0 Å². The second-order valence-corrected chi connectivity index (χ2v) is 7.89. The van der Waals surface area contributed by atoms with E-state index in [9.17, 15) is 13.2 Å². The SMILES string of the molecule is CCCCCCCC(=O)N/N=C\c1ccccc1OS(=O)(=O)c1ccccc1. The van der Waals surface area contributed by atoms with E-state index >= 15 is 0 Å². The summed E-state index contributed by atoms with van der Waals surface area (Å²) in [6.45, 7) is 2.15. The Labute approximate surface area is 166 Å². The predicted octanol–water partition coefficient (Wildman–Crippen LogP) is 4.26. The first kappa shape index (κ1) is 21.6. The normalized spacial score (nSPS) is 11.5. The highest BCUT2D eigenvalue weighted by molar-refractivity contribution is 7.87. The highest BCUT2D eigenvalue weighted by Gasteiger charge is 2.17. The third kappa shape index (κ3) is 7.15. The topological polar surface area (TPSA) is 84.8 Å². The van der Waals surface area contributed by atoms with Gasteiger partial charge in [0.05, 0.1) is 6.21 Å². The smallest absolute Gasteiger partial charge is 0.339 e. The van der Waals surface area contributed by atoms with Crippen LogP contribution in [0.3, 0.4) is 0 Å². The molecule has 0 bridgehead atoms. The summed E-state index contributed by atoms with van der Waals surface area (Å²) < 4.78 is 30.0. The third-order valence-electron chi connectivity index (χ3n) is 4.05. The second kappa shape index (κ2) is 11.2. The van der Waals surface area contributed by atoms with Gasteiger partial charge in [0.2, 0.25) is 5.91 Å². The van der Waals surface area contributed by atoms with Crippen molar-refractivity contribution < 1.29 is 17.4 Å². The third-order valence-corrected chi connectivity index (χ3v) is 5.30. The van der Waals surface area contributed by atoms with Crippen LogP contribution in [0.5, 0.6) is 5.75 Å². The molecule has 2 aromatic rings. The molecule has 0 aromatic heterocycles. The van der Waals surface area contributed by atoms with E-state index in [-0.39, 0.29) is 16.6 Å². The molecule has 1 amide bonds.